The Kier molecular flexibility index (Phi) is 6.22. The van der Waals surface area contributed by atoms with Crippen molar-refractivity contribution in [2.45, 2.75) is 45.1 Å². The van der Waals surface area contributed by atoms with Crippen LogP contribution in [0.25, 0.3) is 0 Å². The number of nitrogens with one attached hydrogen (secondary N) is 1. The number of carbonyl (C=O) groups excluding carboxylic acids is 3. The summed E-state index contributed by atoms with van der Waals surface area (Å²) in [5, 5.41) is 12.8. The lowest BCUT2D eigenvalue weighted by Crippen LogP contribution is -2.30. The number of ether oxygens (including phenoxy) is 1. The van der Waals surface area contributed by atoms with E-state index >= 15 is 0 Å². The van der Waals surface area contributed by atoms with Crippen LogP contribution in [0.2, 0.25) is 0 Å². The number of anilines is 1. The van der Waals surface area contributed by atoms with E-state index in [9.17, 15) is 19.6 Å². The van der Waals surface area contributed by atoms with Crippen LogP contribution in [0, 0.1) is 11.3 Å². The number of aryl methyl sites for hydroxylation is 1. The molecule has 1 unspecified atom stereocenters. The molecule has 3 rings (SSSR count). The smallest absolute Gasteiger partial charge is 0.338 e. The van der Waals surface area contributed by atoms with Crippen molar-refractivity contribution >= 4 is 34.5 Å². The summed E-state index contributed by atoms with van der Waals surface area (Å²) in [5.41, 5.74) is 2.27. The Hall–Kier alpha value is -2.98. The molecule has 6 nitrogen and oxygen atoms in total. The molecule has 1 amide bonds. The third kappa shape index (κ3) is 4.29. The summed E-state index contributed by atoms with van der Waals surface area (Å²) in [5.74, 6) is -1.13. The molecule has 28 heavy (non-hydrogen) atoms. The van der Waals surface area contributed by atoms with Crippen LogP contribution in [-0.2, 0) is 22.4 Å². The minimum absolute atomic E-state index is 0.255. The van der Waals surface area contributed by atoms with Gasteiger partial charge in [0.25, 0.3) is 5.91 Å². The van der Waals surface area contributed by atoms with E-state index in [1.54, 1.807) is 0 Å². The second-order valence-corrected chi connectivity index (χ2v) is 7.76. The third-order valence-electron chi connectivity index (χ3n) is 4.71. The third-order valence-corrected chi connectivity index (χ3v) is 5.91. The van der Waals surface area contributed by atoms with Gasteiger partial charge in [-0.05, 0) is 50.3 Å². The van der Waals surface area contributed by atoms with Crippen molar-refractivity contribution in [3.8, 4) is 6.07 Å². The average molecular weight is 396 g/mol. The van der Waals surface area contributed by atoms with Crippen molar-refractivity contribution in [1.29, 1.82) is 5.26 Å². The van der Waals surface area contributed by atoms with Gasteiger partial charge < -0.3 is 10.1 Å². The molecule has 0 aliphatic heterocycles. The highest BCUT2D eigenvalue weighted by molar-refractivity contribution is 7.16. The molecule has 1 aromatic heterocycles. The molecule has 0 radical (unpaired) electrons. The number of nitrogens with zero attached hydrogens (tertiary/aromatic N) is 1. The van der Waals surface area contributed by atoms with E-state index in [2.05, 4.69) is 11.4 Å². The van der Waals surface area contributed by atoms with E-state index in [1.807, 2.05) is 0 Å². The molecule has 0 saturated carbocycles. The van der Waals surface area contributed by atoms with E-state index in [-0.39, 0.29) is 5.56 Å². The van der Waals surface area contributed by atoms with Crippen molar-refractivity contribution < 1.29 is 19.1 Å². The van der Waals surface area contributed by atoms with E-state index in [4.69, 9.17) is 4.74 Å². The van der Waals surface area contributed by atoms with E-state index in [1.165, 1.54) is 42.5 Å². The fourth-order valence-electron chi connectivity index (χ4n) is 3.14. The van der Waals surface area contributed by atoms with Crippen LogP contribution in [-0.4, -0.2) is 24.3 Å². The predicted octanol–water partition coefficient (Wildman–Crippen LogP) is 3.89. The number of benzene rings is 1. The molecular weight excluding hydrogens is 376 g/mol. The SMILES string of the molecule is CC(OC(=O)c1ccc(C=O)cc1)C(=O)Nc1sc2c(c1C#N)CCCCC2. The lowest BCUT2D eigenvalue weighted by molar-refractivity contribution is -0.123. The molecule has 1 aliphatic rings. The molecule has 1 aliphatic carbocycles. The normalized spacial score (nSPS) is 14.1. The number of rotatable bonds is 5. The Morgan fingerprint density at radius 2 is 1.93 bits per heavy atom. The van der Waals surface area contributed by atoms with Crippen molar-refractivity contribution in [3.63, 3.8) is 0 Å². The van der Waals surface area contributed by atoms with Gasteiger partial charge in [-0.25, -0.2) is 4.79 Å². The molecule has 1 N–H and O–H groups in total. The first kappa shape index (κ1) is 19.8. The first-order chi connectivity index (χ1) is 13.5. The van der Waals surface area contributed by atoms with Crippen LogP contribution in [0.3, 0.4) is 0 Å². The van der Waals surface area contributed by atoms with Gasteiger partial charge in [-0.2, -0.15) is 5.26 Å². The van der Waals surface area contributed by atoms with Gasteiger partial charge in [-0.15, -0.1) is 11.3 Å². The number of hydrogen-bond acceptors (Lipinski definition) is 6. The largest absolute Gasteiger partial charge is 0.449 e. The van der Waals surface area contributed by atoms with Gasteiger partial charge in [0.05, 0.1) is 11.1 Å². The summed E-state index contributed by atoms with van der Waals surface area (Å²) in [6.45, 7) is 1.48. The topological polar surface area (TPSA) is 96.3 Å². The summed E-state index contributed by atoms with van der Waals surface area (Å²) in [7, 11) is 0. The Labute approximate surface area is 167 Å². The van der Waals surface area contributed by atoms with Gasteiger partial charge in [0.2, 0.25) is 0 Å². The first-order valence-corrected chi connectivity index (χ1v) is 9.97. The van der Waals surface area contributed by atoms with Gasteiger partial charge in [0, 0.05) is 10.4 Å². The van der Waals surface area contributed by atoms with Crippen LogP contribution >= 0.6 is 11.3 Å². The molecule has 1 aromatic carbocycles. The molecular formula is C21H20N2O4S. The number of hydrogen-bond donors (Lipinski definition) is 1. The minimum atomic E-state index is -1.02. The molecule has 0 saturated heterocycles. The number of nitriles is 1. The monoisotopic (exact) mass is 396 g/mol. The number of fused-ring (bicyclic) bond motifs is 1. The molecule has 0 bridgehead atoms. The fourth-order valence-corrected chi connectivity index (χ4v) is 4.39. The quantitative estimate of drug-likeness (QED) is 0.470. The van der Waals surface area contributed by atoms with Crippen LogP contribution in [0.4, 0.5) is 5.00 Å². The second kappa shape index (κ2) is 8.81. The van der Waals surface area contributed by atoms with E-state index in [0.29, 0.717) is 22.4 Å². The number of aldehydes is 1. The summed E-state index contributed by atoms with van der Waals surface area (Å²) in [6.07, 6.45) is 4.71. The van der Waals surface area contributed by atoms with Crippen LogP contribution in [0.1, 0.15) is 62.9 Å². The Morgan fingerprint density at radius 1 is 1.21 bits per heavy atom. The summed E-state index contributed by atoms with van der Waals surface area (Å²) in [4.78, 5) is 36.5. The van der Waals surface area contributed by atoms with Crippen molar-refractivity contribution in [3.05, 3.63) is 51.4 Å². The zero-order valence-electron chi connectivity index (χ0n) is 15.5. The molecule has 0 spiro atoms. The lowest BCUT2D eigenvalue weighted by atomic mass is 10.1. The summed E-state index contributed by atoms with van der Waals surface area (Å²) >= 11 is 1.44. The fraction of sp³-hybridized carbons (Fsp3) is 0.333. The van der Waals surface area contributed by atoms with Gasteiger partial charge in [-0.3, -0.25) is 9.59 Å². The van der Waals surface area contributed by atoms with Crippen LogP contribution in [0.15, 0.2) is 24.3 Å². The zero-order chi connectivity index (χ0) is 20.1. The molecule has 1 atom stereocenters. The molecule has 7 heteroatoms. The maximum atomic E-state index is 12.5. The van der Waals surface area contributed by atoms with Crippen molar-refractivity contribution in [1.82, 2.24) is 0 Å². The summed E-state index contributed by atoms with van der Waals surface area (Å²) in [6, 6.07) is 8.17. The number of thiophene rings is 1. The van der Waals surface area contributed by atoms with E-state index in [0.717, 1.165) is 42.5 Å². The Morgan fingerprint density at radius 3 is 2.61 bits per heavy atom. The maximum Gasteiger partial charge on any atom is 0.338 e. The minimum Gasteiger partial charge on any atom is -0.449 e. The Bertz CT molecular complexity index is 941. The first-order valence-electron chi connectivity index (χ1n) is 9.15. The second-order valence-electron chi connectivity index (χ2n) is 6.66. The maximum absolute atomic E-state index is 12.5. The summed E-state index contributed by atoms with van der Waals surface area (Å²) < 4.78 is 5.22. The molecule has 0 fully saturated rings. The number of esters is 1. The lowest BCUT2D eigenvalue weighted by Gasteiger charge is -2.13. The Balaban J connectivity index is 1.68. The van der Waals surface area contributed by atoms with Crippen LogP contribution < -0.4 is 5.32 Å². The van der Waals surface area contributed by atoms with Gasteiger partial charge >= 0.3 is 5.97 Å². The van der Waals surface area contributed by atoms with E-state index < -0.39 is 18.0 Å². The zero-order valence-corrected chi connectivity index (χ0v) is 16.3. The number of amides is 1. The molecule has 144 valence electrons. The van der Waals surface area contributed by atoms with Gasteiger partial charge in [0.1, 0.15) is 17.4 Å². The number of carbonyl (C=O) groups is 3. The predicted molar refractivity (Wildman–Crippen MR) is 106 cm³/mol. The highest BCUT2D eigenvalue weighted by atomic mass is 32.1. The van der Waals surface area contributed by atoms with Crippen LogP contribution in [0.5, 0.6) is 0 Å². The van der Waals surface area contributed by atoms with Gasteiger partial charge in [0.15, 0.2) is 6.10 Å². The highest BCUT2D eigenvalue weighted by Crippen LogP contribution is 2.37. The highest BCUT2D eigenvalue weighted by Gasteiger charge is 2.24. The van der Waals surface area contributed by atoms with Gasteiger partial charge in [-0.1, -0.05) is 18.6 Å². The van der Waals surface area contributed by atoms with Crippen molar-refractivity contribution in [2.75, 3.05) is 5.32 Å². The molecule has 2 aromatic rings. The average Bonchev–Trinajstić information content (AvgIpc) is 2.86. The van der Waals surface area contributed by atoms with Crippen molar-refractivity contribution in [2.24, 2.45) is 0 Å². The molecule has 1 heterocycles. The standard InChI is InChI=1S/C21H20N2O4S/c1-13(27-21(26)15-9-7-14(12-24)8-10-15)19(25)23-20-17(11-22)16-5-3-2-4-6-18(16)28-20/h7-10,12-13H,2-6H2,1H3,(H,23,25).